The van der Waals surface area contributed by atoms with Gasteiger partial charge in [0.05, 0.1) is 11.5 Å². The molecule has 0 aliphatic rings. The molecule has 0 saturated carbocycles. The van der Waals surface area contributed by atoms with Crippen LogP contribution in [0.2, 0.25) is 0 Å². The second-order valence-electron chi connectivity index (χ2n) is 6.82. The number of benzene rings is 1. The number of carbonyl (C=O) groups is 1. The molecule has 0 amide bonds. The number of esters is 1. The predicted molar refractivity (Wildman–Crippen MR) is 115 cm³/mol. The minimum absolute atomic E-state index is 0.0600. The van der Waals surface area contributed by atoms with Crippen LogP contribution in [0.5, 0.6) is 0 Å². The highest BCUT2D eigenvalue weighted by Crippen LogP contribution is 2.12. The van der Waals surface area contributed by atoms with Crippen LogP contribution in [0.1, 0.15) is 31.7 Å². The zero-order valence-corrected chi connectivity index (χ0v) is 19.1. The maximum absolute atomic E-state index is 12.5. The van der Waals surface area contributed by atoms with Crippen molar-refractivity contribution in [2.24, 2.45) is 0 Å². The van der Waals surface area contributed by atoms with Gasteiger partial charge in [0, 0.05) is 18.9 Å². The third-order valence-electron chi connectivity index (χ3n) is 4.36. The number of nitrogens with zero attached hydrogens (tertiary/aromatic N) is 1. The van der Waals surface area contributed by atoms with Crippen molar-refractivity contribution in [3.05, 3.63) is 54.4 Å². The first kappa shape index (κ1) is 24.9. The second-order valence-corrected chi connectivity index (χ2v) is 10.3. The molecule has 1 aromatic heterocycles. The van der Waals surface area contributed by atoms with Gasteiger partial charge in [0.25, 0.3) is 0 Å². The highest BCUT2D eigenvalue weighted by atomic mass is 32.2. The lowest BCUT2D eigenvalue weighted by atomic mass is 10.1. The number of pyridine rings is 1. The summed E-state index contributed by atoms with van der Waals surface area (Å²) in [5.74, 6) is -0.685. The lowest BCUT2D eigenvalue weighted by molar-refractivity contribution is -0.145. The van der Waals surface area contributed by atoms with Gasteiger partial charge < -0.3 is 4.74 Å². The van der Waals surface area contributed by atoms with E-state index >= 15 is 0 Å². The Morgan fingerprint density at radius 1 is 1.03 bits per heavy atom. The summed E-state index contributed by atoms with van der Waals surface area (Å²) in [6, 6.07) is 8.26. The lowest BCUT2D eigenvalue weighted by Gasteiger charge is -2.17. The SMILES string of the molecule is CCOC(=O)C(CCCCNS(=O)(=O)c1ccc(C)cc1)NS(=O)(=O)c1cccnc1. The minimum Gasteiger partial charge on any atom is -0.465 e. The van der Waals surface area contributed by atoms with Crippen LogP contribution in [0.3, 0.4) is 0 Å². The first-order valence-electron chi connectivity index (χ1n) is 9.81. The van der Waals surface area contributed by atoms with Crippen molar-refractivity contribution in [1.29, 1.82) is 0 Å². The Morgan fingerprint density at radius 2 is 1.74 bits per heavy atom. The molecule has 1 aromatic carbocycles. The molecule has 1 heterocycles. The molecule has 0 aliphatic heterocycles. The fraction of sp³-hybridized carbons (Fsp3) is 0.400. The molecule has 31 heavy (non-hydrogen) atoms. The molecule has 0 fully saturated rings. The van der Waals surface area contributed by atoms with Crippen molar-refractivity contribution in [1.82, 2.24) is 14.4 Å². The lowest BCUT2D eigenvalue weighted by Crippen LogP contribution is -2.42. The van der Waals surface area contributed by atoms with Crippen molar-refractivity contribution < 1.29 is 26.4 Å². The van der Waals surface area contributed by atoms with Gasteiger partial charge in [-0.1, -0.05) is 17.7 Å². The van der Waals surface area contributed by atoms with Crippen LogP contribution in [0, 0.1) is 6.92 Å². The summed E-state index contributed by atoms with van der Waals surface area (Å²) < 4.78 is 59.4. The Hall–Kier alpha value is -2.34. The van der Waals surface area contributed by atoms with Crippen LogP contribution >= 0.6 is 0 Å². The summed E-state index contributed by atoms with van der Waals surface area (Å²) in [4.78, 5) is 16.1. The molecule has 2 aromatic rings. The van der Waals surface area contributed by atoms with Crippen molar-refractivity contribution in [2.45, 2.75) is 48.9 Å². The molecule has 0 saturated heterocycles. The minimum atomic E-state index is -3.95. The van der Waals surface area contributed by atoms with Gasteiger partial charge in [-0.15, -0.1) is 0 Å². The Bertz CT molecular complexity index is 1060. The van der Waals surface area contributed by atoms with Gasteiger partial charge in [-0.05, 0) is 57.4 Å². The number of unbranched alkanes of at least 4 members (excludes halogenated alkanes) is 1. The average molecular weight is 470 g/mol. The van der Waals surface area contributed by atoms with E-state index in [1.165, 1.54) is 36.7 Å². The van der Waals surface area contributed by atoms with E-state index in [2.05, 4.69) is 14.4 Å². The van der Waals surface area contributed by atoms with E-state index in [-0.39, 0.29) is 29.4 Å². The molecule has 2 rings (SSSR count). The van der Waals surface area contributed by atoms with Crippen LogP contribution in [0.4, 0.5) is 0 Å². The molecular weight excluding hydrogens is 442 g/mol. The van der Waals surface area contributed by atoms with Gasteiger partial charge in [0.2, 0.25) is 20.0 Å². The van der Waals surface area contributed by atoms with E-state index in [1.807, 2.05) is 6.92 Å². The Labute approximate surface area is 183 Å². The zero-order valence-electron chi connectivity index (χ0n) is 17.4. The smallest absolute Gasteiger partial charge is 0.324 e. The highest BCUT2D eigenvalue weighted by molar-refractivity contribution is 7.89. The normalized spacial score (nSPS) is 13.0. The number of rotatable bonds is 12. The number of sulfonamides is 2. The summed E-state index contributed by atoms with van der Waals surface area (Å²) in [5, 5.41) is 0. The van der Waals surface area contributed by atoms with E-state index < -0.39 is 32.1 Å². The van der Waals surface area contributed by atoms with Crippen LogP contribution in [-0.2, 0) is 29.6 Å². The fourth-order valence-electron chi connectivity index (χ4n) is 2.71. The number of ether oxygens (including phenoxy) is 1. The molecule has 0 bridgehead atoms. The van der Waals surface area contributed by atoms with Gasteiger partial charge in [-0.25, -0.2) is 21.6 Å². The topological polar surface area (TPSA) is 132 Å². The molecule has 9 nitrogen and oxygen atoms in total. The molecule has 0 spiro atoms. The molecule has 1 atom stereocenters. The Balaban J connectivity index is 1.92. The second kappa shape index (κ2) is 11.3. The van der Waals surface area contributed by atoms with Gasteiger partial charge in [-0.3, -0.25) is 9.78 Å². The Kier molecular flexibility index (Phi) is 9.11. The highest BCUT2D eigenvalue weighted by Gasteiger charge is 2.26. The average Bonchev–Trinajstić information content (AvgIpc) is 2.73. The van der Waals surface area contributed by atoms with Crippen LogP contribution in [0.15, 0.2) is 58.6 Å². The van der Waals surface area contributed by atoms with E-state index in [1.54, 1.807) is 19.1 Å². The Morgan fingerprint density at radius 3 is 2.35 bits per heavy atom. The van der Waals surface area contributed by atoms with Crippen LogP contribution < -0.4 is 9.44 Å². The van der Waals surface area contributed by atoms with Crippen LogP contribution in [0.25, 0.3) is 0 Å². The number of aryl methyl sites for hydroxylation is 1. The third kappa shape index (κ3) is 7.69. The summed E-state index contributed by atoms with van der Waals surface area (Å²) >= 11 is 0. The number of aromatic nitrogens is 1. The summed E-state index contributed by atoms with van der Waals surface area (Å²) in [6.07, 6.45) is 3.60. The van der Waals surface area contributed by atoms with Crippen molar-refractivity contribution in [3.8, 4) is 0 Å². The van der Waals surface area contributed by atoms with Crippen molar-refractivity contribution in [3.63, 3.8) is 0 Å². The van der Waals surface area contributed by atoms with Gasteiger partial charge in [0.15, 0.2) is 0 Å². The summed E-state index contributed by atoms with van der Waals surface area (Å²) in [6.45, 7) is 3.76. The maximum Gasteiger partial charge on any atom is 0.324 e. The van der Waals surface area contributed by atoms with E-state index in [4.69, 9.17) is 4.74 Å². The standard InChI is InChI=1S/C20H27N3O6S2/c1-3-29-20(24)19(23-31(27,28)18-7-6-13-21-15-18)8-4-5-14-22-30(25,26)17-11-9-16(2)10-12-17/h6-7,9-13,15,19,22-23H,3-5,8,14H2,1-2H3. The number of hydrogen-bond acceptors (Lipinski definition) is 7. The quantitative estimate of drug-likeness (QED) is 0.357. The number of carbonyl (C=O) groups excluding carboxylic acids is 1. The molecule has 0 aliphatic carbocycles. The van der Waals surface area contributed by atoms with Crippen LogP contribution in [-0.4, -0.2) is 47.0 Å². The van der Waals surface area contributed by atoms with Gasteiger partial charge >= 0.3 is 5.97 Å². The first-order valence-corrected chi connectivity index (χ1v) is 12.8. The zero-order chi connectivity index (χ0) is 22.9. The van der Waals surface area contributed by atoms with E-state index in [0.29, 0.717) is 12.8 Å². The molecule has 1 unspecified atom stereocenters. The predicted octanol–water partition coefficient (Wildman–Crippen LogP) is 1.75. The van der Waals surface area contributed by atoms with E-state index in [9.17, 15) is 21.6 Å². The first-order chi connectivity index (χ1) is 14.7. The largest absolute Gasteiger partial charge is 0.465 e. The molecular formula is C20H27N3O6S2. The summed E-state index contributed by atoms with van der Waals surface area (Å²) in [5.41, 5.74) is 0.956. The molecule has 11 heteroatoms. The molecule has 2 N–H and O–H groups in total. The molecule has 0 radical (unpaired) electrons. The van der Waals surface area contributed by atoms with E-state index in [0.717, 1.165) is 5.56 Å². The fourth-order valence-corrected chi connectivity index (χ4v) is 4.97. The van der Waals surface area contributed by atoms with Crippen molar-refractivity contribution in [2.75, 3.05) is 13.2 Å². The van der Waals surface area contributed by atoms with Crippen molar-refractivity contribution >= 4 is 26.0 Å². The number of nitrogens with one attached hydrogen (secondary N) is 2. The molecule has 170 valence electrons. The summed E-state index contributed by atoms with van der Waals surface area (Å²) in [7, 11) is -7.58. The third-order valence-corrected chi connectivity index (χ3v) is 7.29. The monoisotopic (exact) mass is 469 g/mol. The maximum atomic E-state index is 12.5. The van der Waals surface area contributed by atoms with Gasteiger partial charge in [-0.2, -0.15) is 4.72 Å². The van der Waals surface area contributed by atoms with Gasteiger partial charge in [0.1, 0.15) is 10.9 Å². The number of hydrogen-bond donors (Lipinski definition) is 2.